The number of aromatic hydroxyl groups is 1. The maximum absolute atomic E-state index is 13.8. The van der Waals surface area contributed by atoms with E-state index in [-0.39, 0.29) is 24.2 Å². The zero-order valence-corrected chi connectivity index (χ0v) is 20.6. The smallest absolute Gasteiger partial charge is 0.235 e. The number of primary amides is 1. The summed E-state index contributed by atoms with van der Waals surface area (Å²) < 4.78 is 0. The van der Waals surface area contributed by atoms with Gasteiger partial charge in [-0.15, -0.1) is 0 Å². The Bertz CT molecular complexity index is 1400. The van der Waals surface area contributed by atoms with Gasteiger partial charge in [0.05, 0.1) is 17.5 Å². The van der Waals surface area contributed by atoms with Crippen LogP contribution in [0.2, 0.25) is 0 Å². The predicted molar refractivity (Wildman–Crippen MR) is 129 cm³/mol. The van der Waals surface area contributed by atoms with Crippen LogP contribution in [-0.4, -0.2) is 74.9 Å². The quantitative estimate of drug-likeness (QED) is 0.495. The first-order chi connectivity index (χ1) is 17.4. The summed E-state index contributed by atoms with van der Waals surface area (Å²) in [7, 11) is 3.10. The van der Waals surface area contributed by atoms with Crippen LogP contribution in [0.25, 0.3) is 11.1 Å². The van der Waals surface area contributed by atoms with Gasteiger partial charge in [0.15, 0.2) is 34.7 Å². The summed E-state index contributed by atoms with van der Waals surface area (Å²) in [4.78, 5) is 71.8. The van der Waals surface area contributed by atoms with Crippen molar-refractivity contribution in [2.45, 2.75) is 31.4 Å². The second kappa shape index (κ2) is 8.39. The van der Waals surface area contributed by atoms with Crippen molar-refractivity contribution in [3.63, 3.8) is 0 Å². The van der Waals surface area contributed by atoms with Crippen LogP contribution < -0.4 is 5.73 Å². The molecule has 3 aliphatic rings. The minimum atomic E-state index is -2.73. The van der Waals surface area contributed by atoms with Crippen LogP contribution in [0.3, 0.4) is 0 Å². The average Bonchev–Trinajstić information content (AvgIpc) is 2.81. The Morgan fingerprint density at radius 2 is 1.84 bits per heavy atom. The molecule has 2 fully saturated rings. The molecule has 3 aliphatic carbocycles. The maximum atomic E-state index is 13.8. The van der Waals surface area contributed by atoms with Gasteiger partial charge < -0.3 is 15.9 Å². The van der Waals surface area contributed by atoms with Crippen molar-refractivity contribution in [1.29, 1.82) is 0 Å². The lowest BCUT2D eigenvalue weighted by Crippen LogP contribution is -2.74. The summed E-state index contributed by atoms with van der Waals surface area (Å²) >= 11 is 0. The van der Waals surface area contributed by atoms with E-state index in [0.29, 0.717) is 11.1 Å². The van der Waals surface area contributed by atoms with E-state index in [1.54, 1.807) is 32.6 Å². The number of hydrogen-bond acceptors (Lipinski definition) is 9. The number of benzene rings is 1. The normalized spacial score (nSPS) is 31.1. The Morgan fingerprint density at radius 1 is 1.14 bits per heavy atom. The zero-order valence-electron chi connectivity index (χ0n) is 20.6. The summed E-state index contributed by atoms with van der Waals surface area (Å²) in [6.45, 7) is 1.88. The van der Waals surface area contributed by atoms with Crippen LogP contribution in [0.1, 0.15) is 27.9 Å². The third-order valence-electron chi connectivity index (χ3n) is 8.13. The molecule has 0 radical (unpaired) electrons. The first kappa shape index (κ1) is 24.9. The highest BCUT2D eigenvalue weighted by Crippen LogP contribution is 2.51. The van der Waals surface area contributed by atoms with Gasteiger partial charge in [-0.05, 0) is 68.6 Å². The number of aliphatic hydroxyl groups is 1. The van der Waals surface area contributed by atoms with E-state index in [1.165, 1.54) is 11.0 Å². The molecule has 0 saturated heterocycles. The number of aryl methyl sites for hydroxylation is 1. The largest absolute Gasteiger partial charge is 0.507 e. The van der Waals surface area contributed by atoms with E-state index in [9.17, 15) is 34.2 Å². The summed E-state index contributed by atoms with van der Waals surface area (Å²) in [6, 6.07) is 3.82. The lowest BCUT2D eigenvalue weighted by molar-refractivity contribution is -0.181. The summed E-state index contributed by atoms with van der Waals surface area (Å²) in [5.74, 6) is -10.6. The number of ketones is 4. The lowest BCUT2D eigenvalue weighted by atomic mass is 9.52. The van der Waals surface area contributed by atoms with Gasteiger partial charge in [0.25, 0.3) is 0 Å². The Labute approximate surface area is 212 Å². The van der Waals surface area contributed by atoms with Crippen molar-refractivity contribution in [1.82, 2.24) is 9.88 Å². The lowest BCUT2D eigenvalue weighted by Gasteiger charge is -2.52. The van der Waals surface area contributed by atoms with Gasteiger partial charge in [-0.1, -0.05) is 6.07 Å². The highest BCUT2D eigenvalue weighted by Gasteiger charge is 2.69. The maximum Gasteiger partial charge on any atom is 0.235 e. The van der Waals surface area contributed by atoms with Crippen LogP contribution in [-0.2, 0) is 25.6 Å². The highest BCUT2D eigenvalue weighted by atomic mass is 16.3. The Kier molecular flexibility index (Phi) is 5.65. The first-order valence-electron chi connectivity index (χ1n) is 12.0. The number of phenols is 1. The van der Waals surface area contributed by atoms with E-state index in [2.05, 4.69) is 4.98 Å². The minimum absolute atomic E-state index is 0.00502. The van der Waals surface area contributed by atoms with E-state index in [0.717, 1.165) is 11.1 Å². The van der Waals surface area contributed by atoms with Crippen LogP contribution in [0.15, 0.2) is 30.6 Å². The van der Waals surface area contributed by atoms with Crippen molar-refractivity contribution in [3.05, 3.63) is 47.3 Å². The van der Waals surface area contributed by atoms with Gasteiger partial charge in [0, 0.05) is 23.9 Å². The number of nitrogens with zero attached hydrogens (tertiary/aromatic N) is 2. The fourth-order valence-corrected chi connectivity index (χ4v) is 6.58. The van der Waals surface area contributed by atoms with Crippen molar-refractivity contribution in [3.8, 4) is 16.9 Å². The summed E-state index contributed by atoms with van der Waals surface area (Å²) in [5, 5.41) is 22.3. The SMILES string of the molecule is Cc1cncc(-c2ccc(O)c3c2C[C@@H]2C[C@@H]4[C@@H](N(C)C)C(=O)C(C(N)=O)C(=O)[C@]4(O)C(=O)C2C3=O)c1. The molecular weight excluding hydrogens is 478 g/mol. The molecule has 1 heterocycles. The van der Waals surface area contributed by atoms with Crippen molar-refractivity contribution in [2.75, 3.05) is 14.1 Å². The molecule has 1 aromatic heterocycles. The van der Waals surface area contributed by atoms with E-state index >= 15 is 0 Å². The monoisotopic (exact) mass is 505 g/mol. The van der Waals surface area contributed by atoms with Crippen molar-refractivity contribution < 1.29 is 34.2 Å². The van der Waals surface area contributed by atoms with Crippen LogP contribution >= 0.6 is 0 Å². The van der Waals surface area contributed by atoms with Gasteiger partial charge in [0.2, 0.25) is 5.91 Å². The molecule has 6 atom stereocenters. The second-order valence-electron chi connectivity index (χ2n) is 10.5. The molecule has 10 heteroatoms. The van der Waals surface area contributed by atoms with Crippen LogP contribution in [0, 0.1) is 30.6 Å². The standard InChI is InChI=1S/C27H27N3O7/c1-11-6-13(10-29-9-11)14-4-5-17(31)19-15(14)7-12-8-16-21(30(2)3)23(33)20(26(28)36)25(35)27(16,37)24(34)18(12)22(19)32/h4-6,9-10,12,16,18,20-21,31,37H,7-8H2,1-3H3,(H2,28,36)/t12-,16-,18?,20?,21-,27-/m1/s1. The molecule has 2 aromatic rings. The number of amides is 1. The molecule has 2 saturated carbocycles. The number of hydrogen-bond donors (Lipinski definition) is 3. The van der Waals surface area contributed by atoms with Crippen LogP contribution in [0.5, 0.6) is 5.75 Å². The molecule has 192 valence electrons. The molecule has 0 aliphatic heterocycles. The number of nitrogens with two attached hydrogens (primary N) is 1. The zero-order chi connectivity index (χ0) is 27.0. The first-order valence-corrected chi connectivity index (χ1v) is 12.0. The number of fused-ring (bicyclic) bond motifs is 3. The topological polar surface area (TPSA) is 168 Å². The number of pyridine rings is 1. The average molecular weight is 506 g/mol. The number of carbonyl (C=O) groups excluding carboxylic acids is 5. The third-order valence-corrected chi connectivity index (χ3v) is 8.13. The molecule has 4 N–H and O–H groups in total. The number of Topliss-reactive ketones (excluding diaryl/α,β-unsaturated/α-hetero) is 4. The van der Waals surface area contributed by atoms with Gasteiger partial charge in [-0.25, -0.2) is 0 Å². The number of rotatable bonds is 3. The van der Waals surface area contributed by atoms with Gasteiger partial charge in [-0.2, -0.15) is 0 Å². The molecule has 0 bridgehead atoms. The fourth-order valence-electron chi connectivity index (χ4n) is 6.58. The Morgan fingerprint density at radius 3 is 2.46 bits per heavy atom. The van der Waals surface area contributed by atoms with E-state index in [1.807, 2.05) is 13.0 Å². The molecule has 2 unspecified atom stereocenters. The van der Waals surface area contributed by atoms with Crippen molar-refractivity contribution in [2.24, 2.45) is 29.4 Å². The highest BCUT2D eigenvalue weighted by molar-refractivity contribution is 6.32. The van der Waals surface area contributed by atoms with Gasteiger partial charge >= 0.3 is 0 Å². The molecule has 10 nitrogen and oxygen atoms in total. The Balaban J connectivity index is 1.67. The minimum Gasteiger partial charge on any atom is -0.507 e. The van der Waals surface area contributed by atoms with E-state index < -0.39 is 64.4 Å². The summed E-state index contributed by atoms with van der Waals surface area (Å²) in [5.41, 5.74) is 5.42. The molecular formula is C27H27N3O7. The fraction of sp³-hybridized carbons (Fsp3) is 0.407. The number of aromatic nitrogens is 1. The Hall–Kier alpha value is -3.76. The number of phenolic OH excluding ortho intramolecular Hbond substituents is 1. The predicted octanol–water partition coefficient (Wildman–Crippen LogP) is 0.237. The molecule has 37 heavy (non-hydrogen) atoms. The second-order valence-corrected chi connectivity index (χ2v) is 10.5. The van der Waals surface area contributed by atoms with Gasteiger partial charge in [-0.3, -0.25) is 33.9 Å². The van der Waals surface area contributed by atoms with Crippen LogP contribution in [0.4, 0.5) is 0 Å². The van der Waals surface area contributed by atoms with Gasteiger partial charge in [0.1, 0.15) is 5.75 Å². The molecule has 5 rings (SSSR count). The summed E-state index contributed by atoms with van der Waals surface area (Å²) in [6.07, 6.45) is 3.54. The van der Waals surface area contributed by atoms with E-state index in [4.69, 9.17) is 5.73 Å². The molecule has 1 aromatic carbocycles. The molecule has 1 amide bonds. The third kappa shape index (κ3) is 3.39. The van der Waals surface area contributed by atoms with Crippen molar-refractivity contribution >= 4 is 29.0 Å². The number of carbonyl (C=O) groups is 5. The molecule has 0 spiro atoms. The number of likely N-dealkylation sites (N-methyl/N-ethyl adjacent to an activating group) is 1.